The van der Waals surface area contributed by atoms with E-state index in [1.165, 1.54) is 24.8 Å². The summed E-state index contributed by atoms with van der Waals surface area (Å²) in [5, 5.41) is 0. The molecule has 0 aromatic carbocycles. The molecule has 0 spiro atoms. The Kier molecular flexibility index (Phi) is 3.65. The lowest BCUT2D eigenvalue weighted by Crippen LogP contribution is -2.49. The lowest BCUT2D eigenvalue weighted by molar-refractivity contribution is -0.116. The zero-order valence-electron chi connectivity index (χ0n) is 14.4. The first-order chi connectivity index (χ1) is 11.0. The van der Waals surface area contributed by atoms with Crippen LogP contribution in [0.3, 0.4) is 0 Å². The highest BCUT2D eigenvalue weighted by molar-refractivity contribution is 5.91. The maximum absolute atomic E-state index is 11.8. The van der Waals surface area contributed by atoms with Gasteiger partial charge >= 0.3 is 0 Å². The number of hydrogen-bond acceptors (Lipinski definition) is 2. The highest BCUT2D eigenvalue weighted by Gasteiger charge is 2.57. The summed E-state index contributed by atoms with van der Waals surface area (Å²) in [7, 11) is 0. The molecule has 4 aliphatic rings. The van der Waals surface area contributed by atoms with Gasteiger partial charge < -0.3 is 0 Å². The van der Waals surface area contributed by atoms with Crippen molar-refractivity contribution in [1.29, 1.82) is 0 Å². The van der Waals surface area contributed by atoms with Crippen LogP contribution in [0.1, 0.15) is 58.8 Å². The van der Waals surface area contributed by atoms with Crippen LogP contribution in [0.2, 0.25) is 0 Å². The fraction of sp³-hybridized carbons (Fsp3) is 0.762. The molecule has 0 radical (unpaired) electrons. The van der Waals surface area contributed by atoms with Gasteiger partial charge in [-0.15, -0.1) is 0 Å². The Labute approximate surface area is 139 Å². The molecule has 2 heteroatoms. The number of rotatable bonds is 1. The molecule has 0 saturated heterocycles. The van der Waals surface area contributed by atoms with Crippen molar-refractivity contribution in [2.45, 2.75) is 58.8 Å². The van der Waals surface area contributed by atoms with Crippen LogP contribution < -0.4 is 0 Å². The van der Waals surface area contributed by atoms with Gasteiger partial charge in [-0.1, -0.05) is 19.4 Å². The van der Waals surface area contributed by atoms with Crippen molar-refractivity contribution >= 4 is 11.7 Å². The van der Waals surface area contributed by atoms with E-state index in [4.69, 9.17) is 0 Å². The Hall–Kier alpha value is -1.14. The standard InChI is InChI=1S/C21H28O2/c1-13-11-14-12-16(23)4-5-17(14)18-7-9-21(2)15(8-10-22)3-6-19(21)20(13)18/h8,12-13,15,17-20H,3-7,9,11H2,1-2H3/t13-,15+,17+,18-,19+,20-,21-/m1/s1. The average Bonchev–Trinajstić information content (AvgIpc) is 2.84. The first-order valence-corrected chi connectivity index (χ1v) is 9.49. The summed E-state index contributed by atoms with van der Waals surface area (Å²) in [6.45, 7) is 4.84. The minimum absolute atomic E-state index is 0.304. The zero-order chi connectivity index (χ0) is 16.2. The SMILES string of the molecule is C[C@@H]1CC2=CC(=O)CC[C@@H]2[C@H]2CC[C@]3(C)[C@H](C=C=O)CC[C@H]3[C@@H]21. The van der Waals surface area contributed by atoms with Crippen LogP contribution in [0.5, 0.6) is 0 Å². The molecule has 0 heterocycles. The normalized spacial score (nSPS) is 48.6. The average molecular weight is 312 g/mol. The van der Waals surface area contributed by atoms with E-state index in [-0.39, 0.29) is 0 Å². The first-order valence-electron chi connectivity index (χ1n) is 9.49. The summed E-state index contributed by atoms with van der Waals surface area (Å²) in [6, 6.07) is 0. The van der Waals surface area contributed by atoms with E-state index in [0.29, 0.717) is 29.0 Å². The van der Waals surface area contributed by atoms with Gasteiger partial charge in [0.25, 0.3) is 0 Å². The van der Waals surface area contributed by atoms with Gasteiger partial charge in [0, 0.05) is 12.5 Å². The highest BCUT2D eigenvalue weighted by Crippen LogP contribution is 2.64. The molecule has 4 aliphatic carbocycles. The second kappa shape index (κ2) is 5.45. The number of ketones is 1. The van der Waals surface area contributed by atoms with Crippen LogP contribution in [-0.2, 0) is 9.59 Å². The van der Waals surface area contributed by atoms with Crippen LogP contribution in [0.25, 0.3) is 0 Å². The summed E-state index contributed by atoms with van der Waals surface area (Å²) >= 11 is 0. The molecule has 0 aromatic rings. The van der Waals surface area contributed by atoms with Gasteiger partial charge in [0.15, 0.2) is 5.78 Å². The Bertz CT molecular complexity index is 597. The lowest BCUT2D eigenvalue weighted by Gasteiger charge is -2.56. The summed E-state index contributed by atoms with van der Waals surface area (Å²) in [5.74, 6) is 6.52. The maximum Gasteiger partial charge on any atom is 0.155 e. The maximum atomic E-state index is 11.8. The third-order valence-electron chi connectivity index (χ3n) is 7.98. The fourth-order valence-electron chi connectivity index (χ4n) is 6.99. The van der Waals surface area contributed by atoms with E-state index in [0.717, 1.165) is 43.4 Å². The molecule has 0 amide bonds. The molecule has 0 bridgehead atoms. The monoisotopic (exact) mass is 312 g/mol. The van der Waals surface area contributed by atoms with Crippen LogP contribution >= 0.6 is 0 Å². The van der Waals surface area contributed by atoms with Gasteiger partial charge in [-0.25, -0.2) is 4.79 Å². The molecule has 2 nitrogen and oxygen atoms in total. The molecule has 3 fully saturated rings. The van der Waals surface area contributed by atoms with E-state index >= 15 is 0 Å². The molecule has 0 N–H and O–H groups in total. The minimum atomic E-state index is 0.304. The fourth-order valence-corrected chi connectivity index (χ4v) is 6.99. The first kappa shape index (κ1) is 15.4. The molecule has 3 saturated carbocycles. The largest absolute Gasteiger partial charge is 0.295 e. The van der Waals surface area contributed by atoms with Gasteiger partial charge in [0.1, 0.15) is 5.94 Å². The predicted molar refractivity (Wildman–Crippen MR) is 90.4 cm³/mol. The Morgan fingerprint density at radius 2 is 2.09 bits per heavy atom. The van der Waals surface area contributed by atoms with Crippen LogP contribution in [-0.4, -0.2) is 11.7 Å². The lowest BCUT2D eigenvalue weighted by atomic mass is 9.49. The number of hydrogen-bond donors (Lipinski definition) is 0. The molecule has 124 valence electrons. The Morgan fingerprint density at radius 1 is 1.26 bits per heavy atom. The third-order valence-corrected chi connectivity index (χ3v) is 7.98. The van der Waals surface area contributed by atoms with Gasteiger partial charge in [0.05, 0.1) is 0 Å². The second-order valence-corrected chi connectivity index (χ2v) is 8.87. The molecule has 4 rings (SSSR count). The van der Waals surface area contributed by atoms with Crippen LogP contribution in [0.4, 0.5) is 0 Å². The Morgan fingerprint density at radius 3 is 2.87 bits per heavy atom. The minimum Gasteiger partial charge on any atom is -0.295 e. The summed E-state index contributed by atoms with van der Waals surface area (Å²) < 4.78 is 0. The number of fused-ring (bicyclic) bond motifs is 5. The van der Waals surface area contributed by atoms with Crippen molar-refractivity contribution < 1.29 is 9.59 Å². The number of carbonyl (C=O) groups excluding carboxylic acids is 2. The smallest absolute Gasteiger partial charge is 0.155 e. The van der Waals surface area contributed by atoms with Crippen molar-refractivity contribution in [2.24, 2.45) is 40.9 Å². The van der Waals surface area contributed by atoms with E-state index in [2.05, 4.69) is 19.8 Å². The van der Waals surface area contributed by atoms with E-state index < -0.39 is 0 Å². The molecule has 0 aromatic heterocycles. The van der Waals surface area contributed by atoms with Crippen molar-refractivity contribution in [3.63, 3.8) is 0 Å². The zero-order valence-corrected chi connectivity index (χ0v) is 14.4. The van der Waals surface area contributed by atoms with Gasteiger partial charge in [-0.3, -0.25) is 4.79 Å². The summed E-state index contributed by atoms with van der Waals surface area (Å²) in [4.78, 5) is 22.7. The summed E-state index contributed by atoms with van der Waals surface area (Å²) in [6.07, 6.45) is 11.7. The topological polar surface area (TPSA) is 34.1 Å². The van der Waals surface area contributed by atoms with Gasteiger partial charge in [-0.2, -0.15) is 0 Å². The van der Waals surface area contributed by atoms with Crippen molar-refractivity contribution in [1.82, 2.24) is 0 Å². The molecular formula is C21H28O2. The molecule has 0 unspecified atom stereocenters. The second-order valence-electron chi connectivity index (χ2n) is 8.87. The Balaban J connectivity index is 1.67. The van der Waals surface area contributed by atoms with E-state index in [1.54, 1.807) is 0 Å². The van der Waals surface area contributed by atoms with Crippen molar-refractivity contribution in [2.75, 3.05) is 0 Å². The third kappa shape index (κ3) is 2.22. The predicted octanol–water partition coefficient (Wildman–Crippen LogP) is 4.38. The van der Waals surface area contributed by atoms with Crippen LogP contribution in [0, 0.1) is 40.9 Å². The van der Waals surface area contributed by atoms with Crippen molar-refractivity contribution in [3.8, 4) is 0 Å². The molecule has 0 aliphatic heterocycles. The number of allylic oxidation sites excluding steroid dienone is 2. The van der Waals surface area contributed by atoms with E-state index in [9.17, 15) is 9.59 Å². The molecule has 7 atom stereocenters. The van der Waals surface area contributed by atoms with E-state index in [1.807, 2.05) is 12.2 Å². The quantitative estimate of drug-likeness (QED) is 0.673. The summed E-state index contributed by atoms with van der Waals surface area (Å²) in [5.41, 5.74) is 1.76. The molecule has 23 heavy (non-hydrogen) atoms. The van der Waals surface area contributed by atoms with Gasteiger partial charge in [-0.05, 0) is 85.5 Å². The van der Waals surface area contributed by atoms with Crippen molar-refractivity contribution in [3.05, 3.63) is 17.7 Å². The van der Waals surface area contributed by atoms with Gasteiger partial charge in [0.2, 0.25) is 0 Å². The molecular weight excluding hydrogens is 284 g/mol. The van der Waals surface area contributed by atoms with Crippen LogP contribution in [0.15, 0.2) is 17.7 Å². The highest BCUT2D eigenvalue weighted by atomic mass is 16.1. The number of carbonyl (C=O) groups is 1.